The minimum atomic E-state index is 0.916. The van der Waals surface area contributed by atoms with Crippen LogP contribution in [-0.4, -0.2) is 4.57 Å². The highest BCUT2D eigenvalue weighted by atomic mass is 16.3. The van der Waals surface area contributed by atoms with E-state index >= 15 is 0 Å². The Labute approximate surface area is 267 Å². The lowest BCUT2D eigenvalue weighted by molar-refractivity contribution is 0.669. The third kappa shape index (κ3) is 4.18. The van der Waals surface area contributed by atoms with Crippen molar-refractivity contribution in [2.75, 3.05) is 0 Å². The van der Waals surface area contributed by atoms with Gasteiger partial charge in [0.2, 0.25) is 0 Å². The second kappa shape index (κ2) is 10.4. The van der Waals surface area contributed by atoms with Gasteiger partial charge < -0.3 is 8.98 Å². The Morgan fingerprint density at radius 2 is 0.935 bits per heavy atom. The van der Waals surface area contributed by atoms with Gasteiger partial charge in [0, 0.05) is 27.2 Å². The van der Waals surface area contributed by atoms with Gasteiger partial charge in [0.25, 0.3) is 0 Å². The van der Waals surface area contributed by atoms with Crippen molar-refractivity contribution < 1.29 is 4.42 Å². The summed E-state index contributed by atoms with van der Waals surface area (Å²) in [6, 6.07) is 54.8. The predicted octanol–water partition coefficient (Wildman–Crippen LogP) is 12.3. The number of benzene rings is 7. The fraction of sp³-hybridized carbons (Fsp3) is 0.0455. The summed E-state index contributed by atoms with van der Waals surface area (Å²) in [6.45, 7) is 4.39. The summed E-state index contributed by atoms with van der Waals surface area (Å²) in [6.07, 6.45) is 0. The average Bonchev–Trinajstić information content (AvgIpc) is 3.64. The molecule has 2 nitrogen and oxygen atoms in total. The van der Waals surface area contributed by atoms with Crippen molar-refractivity contribution in [2.45, 2.75) is 13.8 Å². The Kier molecular flexibility index (Phi) is 5.97. The van der Waals surface area contributed by atoms with E-state index in [-0.39, 0.29) is 0 Å². The molecule has 0 bridgehead atoms. The quantitative estimate of drug-likeness (QED) is 0.200. The maximum Gasteiger partial charge on any atom is 0.135 e. The molecule has 0 N–H and O–H groups in total. The van der Waals surface area contributed by atoms with E-state index in [0.29, 0.717) is 0 Å². The predicted molar refractivity (Wildman–Crippen MR) is 194 cm³/mol. The Morgan fingerprint density at radius 3 is 1.67 bits per heavy atom. The Morgan fingerprint density at radius 1 is 0.391 bits per heavy atom. The van der Waals surface area contributed by atoms with Gasteiger partial charge in [-0.2, -0.15) is 0 Å². The first-order chi connectivity index (χ1) is 22.6. The molecule has 0 amide bonds. The summed E-state index contributed by atoms with van der Waals surface area (Å²) in [5.41, 5.74) is 15.3. The molecule has 218 valence electrons. The van der Waals surface area contributed by atoms with E-state index in [1.165, 1.54) is 66.3 Å². The Bertz CT molecular complexity index is 2600. The standard InChI is InChI=1S/C44H31NO/c1-28-10-6-7-13-35(28)37-24-30(17-16-29(37)2)31-18-21-41-38(25-31)39-26-32(19-22-42(39)45(41)34-11-4-3-5-12-34)33-20-23-44-40(27-33)36-14-8-9-15-43(36)46-44/h3-27H,1-2H3. The maximum absolute atomic E-state index is 6.13. The zero-order chi connectivity index (χ0) is 30.8. The van der Waals surface area contributed by atoms with Crippen LogP contribution in [0.5, 0.6) is 0 Å². The molecule has 2 aromatic heterocycles. The van der Waals surface area contributed by atoms with Crippen molar-refractivity contribution in [3.05, 3.63) is 163 Å². The first kappa shape index (κ1) is 26.5. The zero-order valence-electron chi connectivity index (χ0n) is 25.8. The third-order valence-electron chi connectivity index (χ3n) is 9.50. The molecule has 0 saturated carbocycles. The lowest BCUT2D eigenvalue weighted by Crippen LogP contribution is -1.93. The number of hydrogen-bond acceptors (Lipinski definition) is 1. The molecule has 0 aliphatic rings. The molecule has 0 fully saturated rings. The highest BCUT2D eigenvalue weighted by Gasteiger charge is 2.16. The molecular weight excluding hydrogens is 558 g/mol. The van der Waals surface area contributed by atoms with E-state index in [4.69, 9.17) is 4.42 Å². The third-order valence-corrected chi connectivity index (χ3v) is 9.50. The van der Waals surface area contributed by atoms with E-state index in [1.807, 2.05) is 12.1 Å². The monoisotopic (exact) mass is 589 g/mol. The van der Waals surface area contributed by atoms with Crippen LogP contribution in [0.25, 0.3) is 82.8 Å². The van der Waals surface area contributed by atoms with Gasteiger partial charge in [-0.1, -0.05) is 91.0 Å². The highest BCUT2D eigenvalue weighted by Crippen LogP contribution is 2.39. The second-order valence-corrected chi connectivity index (χ2v) is 12.3. The largest absolute Gasteiger partial charge is 0.456 e. The van der Waals surface area contributed by atoms with Crippen LogP contribution in [0.4, 0.5) is 0 Å². The number of rotatable bonds is 4. The molecular formula is C44H31NO. The van der Waals surface area contributed by atoms with Crippen LogP contribution in [0, 0.1) is 13.8 Å². The first-order valence-corrected chi connectivity index (χ1v) is 15.8. The van der Waals surface area contributed by atoms with Crippen LogP contribution in [0.15, 0.2) is 156 Å². The van der Waals surface area contributed by atoms with Crippen molar-refractivity contribution in [2.24, 2.45) is 0 Å². The smallest absolute Gasteiger partial charge is 0.135 e. The summed E-state index contributed by atoms with van der Waals surface area (Å²) in [5.74, 6) is 0. The molecule has 9 aromatic rings. The minimum Gasteiger partial charge on any atom is -0.456 e. The number of fused-ring (bicyclic) bond motifs is 6. The van der Waals surface area contributed by atoms with Gasteiger partial charge in [-0.25, -0.2) is 0 Å². The van der Waals surface area contributed by atoms with Crippen molar-refractivity contribution in [3.63, 3.8) is 0 Å². The molecule has 0 radical (unpaired) electrons. The van der Waals surface area contributed by atoms with Crippen molar-refractivity contribution in [3.8, 4) is 39.1 Å². The van der Waals surface area contributed by atoms with Crippen LogP contribution in [0.1, 0.15) is 11.1 Å². The summed E-state index contributed by atoms with van der Waals surface area (Å²) in [7, 11) is 0. The van der Waals surface area contributed by atoms with Crippen LogP contribution in [0.2, 0.25) is 0 Å². The lowest BCUT2D eigenvalue weighted by atomic mass is 9.92. The molecule has 0 unspecified atom stereocenters. The molecule has 46 heavy (non-hydrogen) atoms. The number of para-hydroxylation sites is 2. The number of aromatic nitrogens is 1. The topological polar surface area (TPSA) is 18.1 Å². The molecule has 0 spiro atoms. The van der Waals surface area contributed by atoms with Gasteiger partial charge in [-0.15, -0.1) is 0 Å². The molecule has 0 aliphatic heterocycles. The van der Waals surface area contributed by atoms with Crippen LogP contribution < -0.4 is 0 Å². The van der Waals surface area contributed by atoms with Crippen molar-refractivity contribution in [1.82, 2.24) is 4.57 Å². The molecule has 0 atom stereocenters. The minimum absolute atomic E-state index is 0.916. The van der Waals surface area contributed by atoms with Crippen LogP contribution in [-0.2, 0) is 0 Å². The summed E-state index contributed by atoms with van der Waals surface area (Å²) >= 11 is 0. The number of furan rings is 1. The fourth-order valence-corrected chi connectivity index (χ4v) is 7.11. The second-order valence-electron chi connectivity index (χ2n) is 12.3. The summed E-state index contributed by atoms with van der Waals surface area (Å²) in [5, 5.41) is 4.77. The van der Waals surface area contributed by atoms with Gasteiger partial charge in [0.15, 0.2) is 0 Å². The van der Waals surface area contributed by atoms with Gasteiger partial charge in [0.1, 0.15) is 11.2 Å². The van der Waals surface area contributed by atoms with E-state index in [0.717, 1.165) is 27.6 Å². The van der Waals surface area contributed by atoms with Gasteiger partial charge in [0.05, 0.1) is 11.0 Å². The molecule has 0 aliphatic carbocycles. The SMILES string of the molecule is Cc1ccccc1-c1cc(-c2ccc3c(c2)c2cc(-c4ccc5oc6ccccc6c5c4)ccc2n3-c2ccccc2)ccc1C. The van der Waals surface area contributed by atoms with Crippen molar-refractivity contribution in [1.29, 1.82) is 0 Å². The average molecular weight is 590 g/mol. The van der Waals surface area contributed by atoms with Gasteiger partial charge in [-0.05, 0) is 119 Å². The zero-order valence-corrected chi connectivity index (χ0v) is 25.8. The van der Waals surface area contributed by atoms with Crippen molar-refractivity contribution >= 4 is 43.7 Å². The summed E-state index contributed by atoms with van der Waals surface area (Å²) in [4.78, 5) is 0. The number of hydrogen-bond donors (Lipinski definition) is 0. The fourth-order valence-electron chi connectivity index (χ4n) is 7.11. The number of nitrogens with zero attached hydrogens (tertiary/aromatic N) is 1. The Balaban J connectivity index is 1.25. The van der Waals surface area contributed by atoms with E-state index in [2.05, 4.69) is 158 Å². The number of aryl methyl sites for hydroxylation is 2. The molecule has 2 heterocycles. The van der Waals surface area contributed by atoms with Gasteiger partial charge in [-0.3, -0.25) is 0 Å². The molecule has 2 heteroatoms. The molecule has 9 rings (SSSR count). The Hall–Kier alpha value is -5.86. The lowest BCUT2D eigenvalue weighted by Gasteiger charge is -2.12. The van der Waals surface area contributed by atoms with E-state index in [1.54, 1.807) is 0 Å². The molecule has 0 saturated heterocycles. The highest BCUT2D eigenvalue weighted by molar-refractivity contribution is 6.12. The van der Waals surface area contributed by atoms with E-state index in [9.17, 15) is 0 Å². The maximum atomic E-state index is 6.13. The first-order valence-electron chi connectivity index (χ1n) is 15.8. The normalized spacial score (nSPS) is 11.7. The van der Waals surface area contributed by atoms with Crippen LogP contribution >= 0.6 is 0 Å². The van der Waals surface area contributed by atoms with Gasteiger partial charge >= 0.3 is 0 Å². The molecule has 7 aromatic carbocycles. The summed E-state index contributed by atoms with van der Waals surface area (Å²) < 4.78 is 8.51. The van der Waals surface area contributed by atoms with E-state index < -0.39 is 0 Å². The van der Waals surface area contributed by atoms with Crippen LogP contribution in [0.3, 0.4) is 0 Å².